The Labute approximate surface area is 181 Å². The highest BCUT2D eigenvalue weighted by atomic mass is 16.5. The standard InChI is InChI=1S/C25H26N2O4/c1-17(19-9-8-18-6-4-5-7-20(18)15-19)14-24(28)26-23-11-10-21(16-22(23)25(29)30)31-13-12-27(2)3/h4-11,14-16H,12-13H2,1-3H3,(H,26,28)(H,29,30)/b17-14-. The van der Waals surface area contributed by atoms with Gasteiger partial charge >= 0.3 is 5.97 Å². The van der Waals surface area contributed by atoms with Crippen LogP contribution in [0.4, 0.5) is 5.69 Å². The number of rotatable bonds is 8. The van der Waals surface area contributed by atoms with Crippen LogP contribution in [-0.2, 0) is 4.79 Å². The number of fused-ring (bicyclic) bond motifs is 1. The Morgan fingerprint density at radius 1 is 1.03 bits per heavy atom. The summed E-state index contributed by atoms with van der Waals surface area (Å²) in [6.45, 7) is 2.99. The van der Waals surface area contributed by atoms with E-state index in [1.54, 1.807) is 12.1 Å². The molecule has 3 rings (SSSR count). The van der Waals surface area contributed by atoms with E-state index in [1.165, 1.54) is 12.1 Å². The van der Waals surface area contributed by atoms with Crippen LogP contribution >= 0.6 is 0 Å². The largest absolute Gasteiger partial charge is 0.492 e. The molecule has 0 saturated heterocycles. The molecule has 0 fully saturated rings. The van der Waals surface area contributed by atoms with Crippen molar-refractivity contribution >= 4 is 33.9 Å². The van der Waals surface area contributed by atoms with Crippen molar-refractivity contribution in [1.82, 2.24) is 4.90 Å². The van der Waals surface area contributed by atoms with E-state index in [1.807, 2.05) is 68.4 Å². The van der Waals surface area contributed by atoms with E-state index in [2.05, 4.69) is 5.32 Å². The lowest BCUT2D eigenvalue weighted by atomic mass is 10.0. The number of nitrogens with one attached hydrogen (secondary N) is 1. The van der Waals surface area contributed by atoms with E-state index in [0.29, 0.717) is 18.9 Å². The number of anilines is 1. The number of likely N-dealkylation sites (N-methyl/N-ethyl adjacent to an activating group) is 1. The first-order valence-corrected chi connectivity index (χ1v) is 9.97. The first-order valence-electron chi connectivity index (χ1n) is 9.97. The molecule has 31 heavy (non-hydrogen) atoms. The molecule has 0 aliphatic heterocycles. The van der Waals surface area contributed by atoms with E-state index >= 15 is 0 Å². The van der Waals surface area contributed by atoms with Gasteiger partial charge in [-0.3, -0.25) is 4.79 Å². The Bertz CT molecular complexity index is 1140. The topological polar surface area (TPSA) is 78.9 Å². The van der Waals surface area contributed by atoms with Crippen molar-refractivity contribution in [3.05, 3.63) is 77.9 Å². The smallest absolute Gasteiger partial charge is 0.337 e. The molecule has 0 heterocycles. The third-order valence-electron chi connectivity index (χ3n) is 4.84. The molecule has 0 atom stereocenters. The molecule has 0 aromatic heterocycles. The molecule has 3 aromatic rings. The van der Waals surface area contributed by atoms with Gasteiger partial charge in [0.15, 0.2) is 0 Å². The summed E-state index contributed by atoms with van der Waals surface area (Å²) in [5.41, 5.74) is 1.91. The van der Waals surface area contributed by atoms with Gasteiger partial charge in [0, 0.05) is 12.6 Å². The zero-order chi connectivity index (χ0) is 22.4. The molecule has 160 valence electrons. The molecule has 1 amide bonds. The average molecular weight is 418 g/mol. The summed E-state index contributed by atoms with van der Waals surface area (Å²) in [4.78, 5) is 26.2. The zero-order valence-corrected chi connectivity index (χ0v) is 17.9. The number of nitrogens with zero attached hydrogens (tertiary/aromatic N) is 1. The predicted octanol–water partition coefficient (Wildman–Crippen LogP) is 4.52. The van der Waals surface area contributed by atoms with E-state index in [-0.39, 0.29) is 11.3 Å². The number of carboxylic acid groups (broad SMARTS) is 1. The van der Waals surface area contributed by atoms with Crippen LogP contribution in [0.5, 0.6) is 5.75 Å². The second kappa shape index (κ2) is 9.91. The van der Waals surface area contributed by atoms with Gasteiger partial charge in [-0.1, -0.05) is 36.4 Å². The van der Waals surface area contributed by atoms with Gasteiger partial charge in [-0.25, -0.2) is 4.79 Å². The van der Waals surface area contributed by atoms with Gasteiger partial charge in [0.25, 0.3) is 0 Å². The first kappa shape index (κ1) is 22.1. The van der Waals surface area contributed by atoms with Crippen LogP contribution in [0.2, 0.25) is 0 Å². The maximum Gasteiger partial charge on any atom is 0.337 e. The first-order chi connectivity index (χ1) is 14.8. The normalized spacial score (nSPS) is 11.5. The van der Waals surface area contributed by atoms with Crippen molar-refractivity contribution in [3.8, 4) is 5.75 Å². The SMILES string of the molecule is C/C(=C/C(=O)Nc1ccc(OCCN(C)C)cc1C(=O)O)c1ccc2ccccc2c1. The summed E-state index contributed by atoms with van der Waals surface area (Å²) in [6.07, 6.45) is 1.47. The van der Waals surface area contributed by atoms with Crippen molar-refractivity contribution in [3.63, 3.8) is 0 Å². The van der Waals surface area contributed by atoms with Gasteiger partial charge in [-0.15, -0.1) is 0 Å². The summed E-state index contributed by atoms with van der Waals surface area (Å²) in [5.74, 6) is -1.09. The molecule has 0 unspecified atom stereocenters. The summed E-state index contributed by atoms with van der Waals surface area (Å²) >= 11 is 0. The van der Waals surface area contributed by atoms with Crippen molar-refractivity contribution in [2.45, 2.75) is 6.92 Å². The van der Waals surface area contributed by atoms with E-state index in [0.717, 1.165) is 21.9 Å². The minimum atomic E-state index is -1.14. The second-order valence-corrected chi connectivity index (χ2v) is 7.54. The van der Waals surface area contributed by atoms with Crippen molar-refractivity contribution in [1.29, 1.82) is 0 Å². The van der Waals surface area contributed by atoms with Crippen LogP contribution in [0.25, 0.3) is 16.3 Å². The maximum atomic E-state index is 12.5. The summed E-state index contributed by atoms with van der Waals surface area (Å²) in [5, 5.41) is 14.4. The Kier molecular flexibility index (Phi) is 7.05. The van der Waals surface area contributed by atoms with Crippen LogP contribution in [-0.4, -0.2) is 49.1 Å². The third-order valence-corrected chi connectivity index (χ3v) is 4.84. The van der Waals surface area contributed by atoms with Gasteiger partial charge in [0.05, 0.1) is 11.3 Å². The van der Waals surface area contributed by atoms with Crippen LogP contribution in [0.3, 0.4) is 0 Å². The lowest BCUT2D eigenvalue weighted by molar-refractivity contribution is -0.111. The second-order valence-electron chi connectivity index (χ2n) is 7.54. The van der Waals surface area contributed by atoms with E-state index < -0.39 is 11.9 Å². The Morgan fingerprint density at radius 2 is 1.77 bits per heavy atom. The Hall–Kier alpha value is -3.64. The minimum Gasteiger partial charge on any atom is -0.492 e. The fourth-order valence-corrected chi connectivity index (χ4v) is 3.13. The minimum absolute atomic E-state index is 0.0209. The number of carboxylic acids is 1. The molecule has 0 bridgehead atoms. The van der Waals surface area contributed by atoms with E-state index in [4.69, 9.17) is 4.74 Å². The third kappa shape index (κ3) is 5.93. The highest BCUT2D eigenvalue weighted by molar-refractivity contribution is 6.07. The lowest BCUT2D eigenvalue weighted by Crippen LogP contribution is -2.19. The molecular weight excluding hydrogens is 392 g/mol. The van der Waals surface area contributed by atoms with Gasteiger partial charge in [0.1, 0.15) is 12.4 Å². The fraction of sp³-hybridized carbons (Fsp3) is 0.200. The number of allylic oxidation sites excluding steroid dienone is 1. The highest BCUT2D eigenvalue weighted by Gasteiger charge is 2.14. The van der Waals surface area contributed by atoms with Gasteiger partial charge in [-0.2, -0.15) is 0 Å². The molecule has 6 nitrogen and oxygen atoms in total. The van der Waals surface area contributed by atoms with Gasteiger partial charge in [-0.05, 0) is 67.2 Å². The highest BCUT2D eigenvalue weighted by Crippen LogP contribution is 2.24. The number of carbonyl (C=O) groups is 2. The monoisotopic (exact) mass is 418 g/mol. The number of amides is 1. The van der Waals surface area contributed by atoms with Crippen molar-refractivity contribution in [2.75, 3.05) is 32.6 Å². The summed E-state index contributed by atoms with van der Waals surface area (Å²) in [7, 11) is 3.86. The molecule has 0 saturated carbocycles. The molecule has 0 aliphatic carbocycles. The number of benzene rings is 3. The van der Waals surface area contributed by atoms with Crippen LogP contribution in [0, 0.1) is 0 Å². The number of hydrogen-bond acceptors (Lipinski definition) is 4. The predicted molar refractivity (Wildman–Crippen MR) is 124 cm³/mol. The number of ether oxygens (including phenoxy) is 1. The van der Waals surface area contributed by atoms with Crippen LogP contribution in [0.1, 0.15) is 22.8 Å². The molecule has 3 aromatic carbocycles. The van der Waals surface area contributed by atoms with Crippen LogP contribution < -0.4 is 10.1 Å². The van der Waals surface area contributed by atoms with Crippen molar-refractivity contribution < 1.29 is 19.4 Å². The number of aromatic carboxylic acids is 1. The lowest BCUT2D eigenvalue weighted by Gasteiger charge is -2.13. The van der Waals surface area contributed by atoms with Crippen molar-refractivity contribution in [2.24, 2.45) is 0 Å². The van der Waals surface area contributed by atoms with E-state index in [9.17, 15) is 14.7 Å². The molecule has 0 aliphatic rings. The molecule has 0 radical (unpaired) electrons. The Balaban J connectivity index is 1.75. The quantitative estimate of drug-likeness (QED) is 0.526. The van der Waals surface area contributed by atoms with Gasteiger partial charge in [0.2, 0.25) is 5.91 Å². The molecule has 6 heteroatoms. The molecular formula is C25H26N2O4. The average Bonchev–Trinajstić information content (AvgIpc) is 2.73. The van der Waals surface area contributed by atoms with Crippen LogP contribution in [0.15, 0.2) is 66.7 Å². The summed E-state index contributed by atoms with van der Waals surface area (Å²) < 4.78 is 5.60. The molecule has 2 N–H and O–H groups in total. The fourth-order valence-electron chi connectivity index (χ4n) is 3.13. The summed E-state index contributed by atoms with van der Waals surface area (Å²) in [6, 6.07) is 18.6. The van der Waals surface area contributed by atoms with Gasteiger partial charge < -0.3 is 20.1 Å². The maximum absolute atomic E-state index is 12.5. The zero-order valence-electron chi connectivity index (χ0n) is 17.9. The Morgan fingerprint density at radius 3 is 2.48 bits per heavy atom. The number of hydrogen-bond donors (Lipinski definition) is 2. The number of carbonyl (C=O) groups excluding carboxylic acids is 1. The molecule has 0 spiro atoms.